The molecule has 7 nitrogen and oxygen atoms in total. The lowest BCUT2D eigenvalue weighted by Crippen LogP contribution is -2.30. The summed E-state index contributed by atoms with van der Waals surface area (Å²) in [5, 5.41) is 6.98. The van der Waals surface area contributed by atoms with Gasteiger partial charge in [0.05, 0.1) is 17.5 Å². The maximum atomic E-state index is 12.5. The highest BCUT2D eigenvalue weighted by atomic mass is 16.1. The number of unbranched alkanes of at least 4 members (excludes halogenated alkanes) is 1. The van der Waals surface area contributed by atoms with Crippen molar-refractivity contribution in [1.29, 1.82) is 0 Å². The van der Waals surface area contributed by atoms with E-state index in [0.717, 1.165) is 53.9 Å². The van der Waals surface area contributed by atoms with Crippen molar-refractivity contribution in [1.82, 2.24) is 24.6 Å². The maximum Gasteiger partial charge on any atom is 0.249 e. The molecule has 35 heavy (non-hydrogen) atoms. The van der Waals surface area contributed by atoms with E-state index in [1.165, 1.54) is 32.4 Å². The number of likely N-dealkylation sites (tertiary alicyclic amines) is 1. The number of para-hydroxylation sites is 1. The van der Waals surface area contributed by atoms with Gasteiger partial charge in [-0.3, -0.25) is 14.5 Å². The van der Waals surface area contributed by atoms with Gasteiger partial charge in [-0.2, -0.15) is 5.10 Å². The van der Waals surface area contributed by atoms with Crippen molar-refractivity contribution in [3.05, 3.63) is 78.4 Å². The van der Waals surface area contributed by atoms with Gasteiger partial charge in [-0.25, -0.2) is 4.98 Å². The highest BCUT2D eigenvalue weighted by molar-refractivity contribution is 6.03. The number of H-pyrrole nitrogens is 1. The normalized spacial score (nSPS) is 14.3. The van der Waals surface area contributed by atoms with Gasteiger partial charge < -0.3 is 10.6 Å². The maximum absolute atomic E-state index is 12.5. The van der Waals surface area contributed by atoms with Gasteiger partial charge in [0, 0.05) is 29.2 Å². The number of carbonyl (C=O) groups is 1. The fourth-order valence-corrected chi connectivity index (χ4v) is 4.97. The van der Waals surface area contributed by atoms with E-state index in [1.807, 2.05) is 36.5 Å². The first-order chi connectivity index (χ1) is 17.2. The number of benzene rings is 2. The highest BCUT2D eigenvalue weighted by Crippen LogP contribution is 2.35. The van der Waals surface area contributed by atoms with E-state index in [2.05, 4.69) is 38.0 Å². The third-order valence-electron chi connectivity index (χ3n) is 6.76. The van der Waals surface area contributed by atoms with Crippen LogP contribution in [0.15, 0.2) is 67.1 Å². The molecule has 1 fully saturated rings. The molecular weight excluding hydrogens is 436 g/mol. The molecular formula is C28H32N6O. The van der Waals surface area contributed by atoms with E-state index >= 15 is 0 Å². The van der Waals surface area contributed by atoms with Crippen LogP contribution in [-0.2, 0) is 6.42 Å². The minimum atomic E-state index is -0.476. The van der Waals surface area contributed by atoms with Crippen LogP contribution < -0.4 is 5.73 Å². The number of aromatic nitrogens is 4. The molecule has 1 aliphatic rings. The molecule has 180 valence electrons. The smallest absolute Gasteiger partial charge is 0.249 e. The lowest BCUT2D eigenvalue weighted by atomic mass is 9.96. The molecule has 1 saturated heterocycles. The van der Waals surface area contributed by atoms with Crippen molar-refractivity contribution in [2.45, 2.75) is 38.5 Å². The van der Waals surface area contributed by atoms with E-state index in [0.29, 0.717) is 11.4 Å². The second-order valence-electron chi connectivity index (χ2n) is 9.20. The van der Waals surface area contributed by atoms with Crippen LogP contribution in [0.2, 0.25) is 0 Å². The van der Waals surface area contributed by atoms with Gasteiger partial charge in [0.2, 0.25) is 5.91 Å². The van der Waals surface area contributed by atoms with Gasteiger partial charge in [-0.15, -0.1) is 0 Å². The fourth-order valence-electron chi connectivity index (χ4n) is 4.97. The standard InChI is InChI=1S/C28H32N6O/c29-27(35)25-14-9-13-24(21-18-30-31-19-21)26(25)28-32-22(20-34(28)23-11-3-1-4-12-23)10-5-8-17-33-15-6-2-7-16-33/h1,3-4,9,11-14,18-20H,2,5-8,10,15-17H2,(H2,29,35)(H,30,31). The van der Waals surface area contributed by atoms with Crippen molar-refractivity contribution in [2.75, 3.05) is 19.6 Å². The van der Waals surface area contributed by atoms with Crippen LogP contribution in [0, 0.1) is 0 Å². The average Bonchev–Trinajstić information content (AvgIpc) is 3.58. The molecule has 7 heteroatoms. The zero-order valence-electron chi connectivity index (χ0n) is 20.0. The number of aromatic amines is 1. The number of piperidine rings is 1. The van der Waals surface area contributed by atoms with Gasteiger partial charge in [-0.1, -0.05) is 36.8 Å². The summed E-state index contributed by atoms with van der Waals surface area (Å²) < 4.78 is 2.07. The van der Waals surface area contributed by atoms with Gasteiger partial charge in [0.25, 0.3) is 0 Å². The molecule has 0 unspecified atom stereocenters. The summed E-state index contributed by atoms with van der Waals surface area (Å²) in [5.41, 5.74) is 10.8. The molecule has 5 rings (SSSR count). The fraction of sp³-hybridized carbons (Fsp3) is 0.321. The summed E-state index contributed by atoms with van der Waals surface area (Å²) >= 11 is 0. The molecule has 0 aliphatic carbocycles. The molecule has 0 atom stereocenters. The predicted octanol–water partition coefficient (Wildman–Crippen LogP) is 4.84. The molecule has 1 amide bonds. The Balaban J connectivity index is 1.50. The van der Waals surface area contributed by atoms with Crippen LogP contribution in [0.4, 0.5) is 0 Å². The molecule has 3 N–H and O–H groups in total. The molecule has 0 bridgehead atoms. The van der Waals surface area contributed by atoms with E-state index in [9.17, 15) is 4.79 Å². The lowest BCUT2D eigenvalue weighted by molar-refractivity contribution is 0.100. The van der Waals surface area contributed by atoms with Crippen LogP contribution >= 0.6 is 0 Å². The van der Waals surface area contributed by atoms with Crippen molar-refractivity contribution in [3.63, 3.8) is 0 Å². The van der Waals surface area contributed by atoms with Crippen LogP contribution in [0.5, 0.6) is 0 Å². The Morgan fingerprint density at radius 2 is 1.83 bits per heavy atom. The monoisotopic (exact) mass is 468 g/mol. The third kappa shape index (κ3) is 5.20. The Morgan fingerprint density at radius 1 is 1.00 bits per heavy atom. The van der Waals surface area contributed by atoms with Crippen molar-refractivity contribution >= 4 is 5.91 Å². The molecule has 1 aliphatic heterocycles. The predicted molar refractivity (Wildman–Crippen MR) is 138 cm³/mol. The quantitative estimate of drug-likeness (QED) is 0.344. The summed E-state index contributed by atoms with van der Waals surface area (Å²) in [6.45, 7) is 3.61. The molecule has 0 radical (unpaired) electrons. The molecule has 3 heterocycles. The summed E-state index contributed by atoms with van der Waals surface area (Å²) in [7, 11) is 0. The van der Waals surface area contributed by atoms with E-state index < -0.39 is 5.91 Å². The SMILES string of the molecule is NC(=O)c1cccc(-c2cn[nH]c2)c1-c1nc(CCCCN2CCCCC2)cn1-c1ccccc1. The number of nitrogens with zero attached hydrogens (tertiary/aromatic N) is 4. The number of carbonyl (C=O) groups excluding carboxylic acids is 1. The van der Waals surface area contributed by atoms with Gasteiger partial charge >= 0.3 is 0 Å². The number of rotatable bonds is 9. The minimum absolute atomic E-state index is 0.447. The van der Waals surface area contributed by atoms with E-state index in [1.54, 1.807) is 12.3 Å². The zero-order valence-corrected chi connectivity index (χ0v) is 20.0. The van der Waals surface area contributed by atoms with Crippen LogP contribution in [0.25, 0.3) is 28.2 Å². The minimum Gasteiger partial charge on any atom is -0.366 e. The Hall–Kier alpha value is -3.71. The largest absolute Gasteiger partial charge is 0.366 e. The Bertz CT molecular complexity index is 1260. The van der Waals surface area contributed by atoms with Gasteiger partial charge in [-0.05, 0) is 75.5 Å². The first-order valence-corrected chi connectivity index (χ1v) is 12.5. The third-order valence-corrected chi connectivity index (χ3v) is 6.76. The molecule has 2 aromatic carbocycles. The topological polar surface area (TPSA) is 92.8 Å². The number of imidazole rings is 1. The molecule has 0 spiro atoms. The Labute approximate surface area is 206 Å². The molecule has 0 saturated carbocycles. The molecule has 2 aromatic heterocycles. The number of hydrogen-bond acceptors (Lipinski definition) is 4. The first kappa shape index (κ1) is 23.1. The summed E-state index contributed by atoms with van der Waals surface area (Å²) in [6.07, 6.45) is 12.8. The van der Waals surface area contributed by atoms with Crippen molar-refractivity contribution in [2.24, 2.45) is 5.73 Å². The number of nitrogens with two attached hydrogens (primary N) is 1. The second-order valence-corrected chi connectivity index (χ2v) is 9.20. The zero-order chi connectivity index (χ0) is 24.0. The summed E-state index contributed by atoms with van der Waals surface area (Å²) in [5.74, 6) is 0.240. The van der Waals surface area contributed by atoms with Crippen molar-refractivity contribution in [3.8, 4) is 28.2 Å². The number of amides is 1. The Kier molecular flexibility index (Phi) is 7.04. The lowest BCUT2D eigenvalue weighted by Gasteiger charge is -2.26. The number of nitrogens with one attached hydrogen (secondary N) is 1. The number of aryl methyl sites for hydroxylation is 1. The molecule has 4 aromatic rings. The highest BCUT2D eigenvalue weighted by Gasteiger charge is 2.22. The van der Waals surface area contributed by atoms with Gasteiger partial charge in [0.15, 0.2) is 0 Å². The van der Waals surface area contributed by atoms with Gasteiger partial charge in [0.1, 0.15) is 5.82 Å². The van der Waals surface area contributed by atoms with Crippen molar-refractivity contribution < 1.29 is 4.79 Å². The van der Waals surface area contributed by atoms with E-state index in [-0.39, 0.29) is 0 Å². The summed E-state index contributed by atoms with van der Waals surface area (Å²) in [6, 6.07) is 15.7. The van der Waals surface area contributed by atoms with Crippen LogP contribution in [-0.4, -0.2) is 50.2 Å². The number of hydrogen-bond donors (Lipinski definition) is 2. The second kappa shape index (κ2) is 10.7. The average molecular weight is 469 g/mol. The number of primary amides is 1. The first-order valence-electron chi connectivity index (χ1n) is 12.5. The van der Waals surface area contributed by atoms with Crippen LogP contribution in [0.3, 0.4) is 0 Å². The van der Waals surface area contributed by atoms with Crippen LogP contribution in [0.1, 0.15) is 48.2 Å². The van der Waals surface area contributed by atoms with E-state index in [4.69, 9.17) is 10.7 Å². The summed E-state index contributed by atoms with van der Waals surface area (Å²) in [4.78, 5) is 20.1. The Morgan fingerprint density at radius 3 is 2.57 bits per heavy atom.